The highest BCUT2D eigenvalue weighted by atomic mass is 16.6. The molecule has 6 heteroatoms. The summed E-state index contributed by atoms with van der Waals surface area (Å²) in [7, 11) is 0. The maximum atomic E-state index is 11.7. The number of nitriles is 1. The molecule has 1 aliphatic rings. The van der Waals surface area contributed by atoms with Crippen molar-refractivity contribution in [1.29, 1.82) is 5.26 Å². The van der Waals surface area contributed by atoms with E-state index in [0.717, 1.165) is 19.3 Å². The van der Waals surface area contributed by atoms with E-state index in [-0.39, 0.29) is 19.1 Å². The number of hydrogen-bond acceptors (Lipinski definition) is 5. The highest BCUT2D eigenvalue weighted by Gasteiger charge is 2.10. The number of para-hydroxylation sites is 1. The number of benzene rings is 1. The van der Waals surface area contributed by atoms with Crippen molar-refractivity contribution in [3.63, 3.8) is 0 Å². The highest BCUT2D eigenvalue weighted by molar-refractivity contribution is 5.80. The van der Waals surface area contributed by atoms with Crippen LogP contribution in [-0.4, -0.2) is 31.6 Å². The van der Waals surface area contributed by atoms with Crippen molar-refractivity contribution in [2.75, 3.05) is 19.8 Å². The third-order valence-corrected chi connectivity index (χ3v) is 3.87. The lowest BCUT2D eigenvalue weighted by molar-refractivity contribution is -0.150. The van der Waals surface area contributed by atoms with Gasteiger partial charge in [0, 0.05) is 6.54 Å². The van der Waals surface area contributed by atoms with Gasteiger partial charge in [0.05, 0.1) is 5.56 Å². The minimum absolute atomic E-state index is 0.312. The third kappa shape index (κ3) is 6.68. The number of amides is 1. The fourth-order valence-corrected chi connectivity index (χ4v) is 2.55. The van der Waals surface area contributed by atoms with Crippen LogP contribution in [0.25, 0.3) is 0 Å². The number of carbonyl (C=O) groups is 2. The van der Waals surface area contributed by atoms with Gasteiger partial charge in [0.25, 0.3) is 5.91 Å². The van der Waals surface area contributed by atoms with E-state index in [1.165, 1.54) is 18.4 Å². The summed E-state index contributed by atoms with van der Waals surface area (Å²) < 4.78 is 10.1. The zero-order valence-corrected chi connectivity index (χ0v) is 14.1. The highest BCUT2D eigenvalue weighted by Crippen LogP contribution is 2.19. The Kier molecular flexibility index (Phi) is 7.51. The monoisotopic (exact) mass is 342 g/mol. The Hall–Kier alpha value is -2.81. The Morgan fingerprint density at radius 3 is 2.80 bits per heavy atom. The fraction of sp³-hybridized carbons (Fsp3) is 0.421. The van der Waals surface area contributed by atoms with E-state index in [2.05, 4.69) is 11.4 Å². The topological polar surface area (TPSA) is 88.4 Å². The summed E-state index contributed by atoms with van der Waals surface area (Å²) in [6.45, 7) is -0.131. The minimum Gasteiger partial charge on any atom is -0.481 e. The van der Waals surface area contributed by atoms with Gasteiger partial charge in [0.2, 0.25) is 0 Å². The summed E-state index contributed by atoms with van der Waals surface area (Å²) in [5.74, 6) is -0.674. The Morgan fingerprint density at radius 1 is 1.20 bits per heavy atom. The largest absolute Gasteiger partial charge is 0.481 e. The van der Waals surface area contributed by atoms with Crippen molar-refractivity contribution < 1.29 is 19.1 Å². The summed E-state index contributed by atoms with van der Waals surface area (Å²) in [5.41, 5.74) is 1.72. The number of rotatable bonds is 8. The molecule has 25 heavy (non-hydrogen) atoms. The molecule has 0 spiro atoms. The molecule has 1 N–H and O–H groups in total. The predicted octanol–water partition coefficient (Wildman–Crippen LogP) is 2.49. The van der Waals surface area contributed by atoms with E-state index in [9.17, 15) is 9.59 Å². The summed E-state index contributed by atoms with van der Waals surface area (Å²) in [5, 5.41) is 11.7. The van der Waals surface area contributed by atoms with E-state index in [4.69, 9.17) is 14.7 Å². The summed E-state index contributed by atoms with van der Waals surface area (Å²) in [6.07, 6.45) is 7.76. The first-order chi connectivity index (χ1) is 12.2. The first-order valence-electron chi connectivity index (χ1n) is 8.41. The lowest BCUT2D eigenvalue weighted by Gasteiger charge is -2.13. The molecule has 0 atom stereocenters. The summed E-state index contributed by atoms with van der Waals surface area (Å²) >= 11 is 0. The Bertz CT molecular complexity index is 676. The molecule has 0 saturated heterocycles. The third-order valence-electron chi connectivity index (χ3n) is 3.87. The first-order valence-corrected chi connectivity index (χ1v) is 8.41. The molecular formula is C19H22N2O4. The van der Waals surface area contributed by atoms with Gasteiger partial charge >= 0.3 is 5.97 Å². The van der Waals surface area contributed by atoms with Gasteiger partial charge in [-0.1, -0.05) is 23.8 Å². The van der Waals surface area contributed by atoms with Gasteiger partial charge in [-0.3, -0.25) is 4.79 Å². The molecule has 0 aliphatic heterocycles. The van der Waals surface area contributed by atoms with Crippen molar-refractivity contribution in [2.24, 2.45) is 0 Å². The molecule has 0 heterocycles. The van der Waals surface area contributed by atoms with Crippen molar-refractivity contribution in [3.05, 3.63) is 41.5 Å². The number of nitrogens with one attached hydrogen (secondary N) is 1. The van der Waals surface area contributed by atoms with E-state index in [1.54, 1.807) is 24.3 Å². The van der Waals surface area contributed by atoms with Crippen LogP contribution in [0.5, 0.6) is 5.75 Å². The quantitative estimate of drug-likeness (QED) is 0.579. The van der Waals surface area contributed by atoms with Gasteiger partial charge in [-0.25, -0.2) is 4.79 Å². The van der Waals surface area contributed by atoms with Crippen LogP contribution in [0.2, 0.25) is 0 Å². The van der Waals surface area contributed by atoms with E-state index >= 15 is 0 Å². The second-order valence-corrected chi connectivity index (χ2v) is 5.77. The average Bonchev–Trinajstić information content (AvgIpc) is 2.65. The fourth-order valence-electron chi connectivity index (χ4n) is 2.55. The number of hydrogen-bond donors (Lipinski definition) is 1. The van der Waals surface area contributed by atoms with Crippen LogP contribution in [0.4, 0.5) is 0 Å². The molecule has 1 aromatic carbocycles. The smallest absolute Gasteiger partial charge is 0.344 e. The Labute approximate surface area is 147 Å². The molecule has 0 radical (unpaired) electrons. The molecule has 0 fully saturated rings. The molecule has 1 amide bonds. The number of carbonyl (C=O) groups excluding carboxylic acids is 2. The Morgan fingerprint density at radius 2 is 2.04 bits per heavy atom. The zero-order valence-electron chi connectivity index (χ0n) is 14.1. The van der Waals surface area contributed by atoms with Gasteiger partial charge in [-0.2, -0.15) is 5.26 Å². The zero-order chi connectivity index (χ0) is 17.9. The molecule has 0 aromatic heterocycles. The molecule has 1 aliphatic carbocycles. The molecule has 2 rings (SSSR count). The normalized spacial score (nSPS) is 13.3. The SMILES string of the molecule is N#Cc1ccccc1OCC(=O)OCC(=O)NCCC1=CCCCC1. The van der Waals surface area contributed by atoms with Crippen LogP contribution >= 0.6 is 0 Å². The van der Waals surface area contributed by atoms with Gasteiger partial charge in [-0.15, -0.1) is 0 Å². The van der Waals surface area contributed by atoms with Crippen LogP contribution in [0.3, 0.4) is 0 Å². The Balaban J connectivity index is 1.61. The van der Waals surface area contributed by atoms with Crippen molar-refractivity contribution in [2.45, 2.75) is 32.1 Å². The molecule has 1 aromatic rings. The van der Waals surface area contributed by atoms with E-state index in [1.807, 2.05) is 6.07 Å². The molecule has 132 valence electrons. The number of allylic oxidation sites excluding steroid dienone is 1. The van der Waals surface area contributed by atoms with Crippen LogP contribution in [-0.2, 0) is 14.3 Å². The minimum atomic E-state index is -0.655. The number of ether oxygens (including phenoxy) is 2. The second-order valence-electron chi connectivity index (χ2n) is 5.77. The first kappa shape index (κ1) is 18.5. The van der Waals surface area contributed by atoms with Gasteiger partial charge in [0.15, 0.2) is 13.2 Å². The molecule has 0 unspecified atom stereocenters. The van der Waals surface area contributed by atoms with Gasteiger partial charge in [0.1, 0.15) is 11.8 Å². The van der Waals surface area contributed by atoms with Crippen LogP contribution in [0, 0.1) is 11.3 Å². The molecule has 0 saturated carbocycles. The van der Waals surface area contributed by atoms with Gasteiger partial charge < -0.3 is 14.8 Å². The maximum Gasteiger partial charge on any atom is 0.344 e. The number of nitrogens with zero attached hydrogens (tertiary/aromatic N) is 1. The molecule has 6 nitrogen and oxygen atoms in total. The van der Waals surface area contributed by atoms with E-state index < -0.39 is 5.97 Å². The summed E-state index contributed by atoms with van der Waals surface area (Å²) in [4.78, 5) is 23.3. The second kappa shape index (κ2) is 10.1. The van der Waals surface area contributed by atoms with Gasteiger partial charge in [-0.05, 0) is 44.2 Å². The lowest BCUT2D eigenvalue weighted by Crippen LogP contribution is -2.30. The van der Waals surface area contributed by atoms with Crippen molar-refractivity contribution >= 4 is 11.9 Å². The van der Waals surface area contributed by atoms with Crippen molar-refractivity contribution in [1.82, 2.24) is 5.32 Å². The predicted molar refractivity (Wildman–Crippen MR) is 91.8 cm³/mol. The van der Waals surface area contributed by atoms with Crippen LogP contribution in [0.15, 0.2) is 35.9 Å². The molecule has 0 bridgehead atoms. The molecular weight excluding hydrogens is 320 g/mol. The summed E-state index contributed by atoms with van der Waals surface area (Å²) in [6, 6.07) is 8.57. The standard InChI is InChI=1S/C19H22N2O4/c20-12-16-8-4-5-9-17(16)24-14-19(23)25-13-18(22)21-11-10-15-6-2-1-3-7-15/h4-6,8-9H,1-3,7,10-11,13-14H2,(H,21,22). The van der Waals surface area contributed by atoms with E-state index in [0.29, 0.717) is 17.9 Å². The maximum absolute atomic E-state index is 11.7. The van der Waals surface area contributed by atoms with Crippen LogP contribution < -0.4 is 10.1 Å². The average molecular weight is 342 g/mol. The van der Waals surface area contributed by atoms with Crippen LogP contribution in [0.1, 0.15) is 37.7 Å². The van der Waals surface area contributed by atoms with Crippen molar-refractivity contribution in [3.8, 4) is 11.8 Å². The number of esters is 1. The lowest BCUT2D eigenvalue weighted by atomic mass is 9.97.